The third-order valence-corrected chi connectivity index (χ3v) is 3.59. The standard InChI is InChI=1S/C11H13ClO4S/c1-3-8-5-6-9(17(12,14)15)7-10(8)11(13)16-4-2/h5-7H,3-4H2,1-2H3. The average Bonchev–Trinajstić information content (AvgIpc) is 2.27. The van der Waals surface area contributed by atoms with Crippen molar-refractivity contribution in [3.8, 4) is 0 Å². The van der Waals surface area contributed by atoms with Crippen molar-refractivity contribution in [3.63, 3.8) is 0 Å². The number of carbonyl (C=O) groups excluding carboxylic acids is 1. The largest absolute Gasteiger partial charge is 0.462 e. The maximum atomic E-state index is 11.6. The van der Waals surface area contributed by atoms with Crippen LogP contribution in [0.25, 0.3) is 0 Å². The Morgan fingerprint density at radius 2 is 2.00 bits per heavy atom. The molecule has 0 aliphatic rings. The van der Waals surface area contributed by atoms with Gasteiger partial charge in [-0.15, -0.1) is 0 Å². The van der Waals surface area contributed by atoms with Crippen molar-refractivity contribution in [2.24, 2.45) is 0 Å². The van der Waals surface area contributed by atoms with Crippen molar-refractivity contribution in [1.29, 1.82) is 0 Å². The van der Waals surface area contributed by atoms with Gasteiger partial charge in [-0.05, 0) is 31.0 Å². The van der Waals surface area contributed by atoms with Crippen molar-refractivity contribution in [2.75, 3.05) is 6.61 Å². The molecule has 0 aromatic heterocycles. The Balaban J connectivity index is 3.30. The lowest BCUT2D eigenvalue weighted by Crippen LogP contribution is -2.09. The molecule has 0 spiro atoms. The molecule has 0 saturated heterocycles. The van der Waals surface area contributed by atoms with Gasteiger partial charge in [-0.2, -0.15) is 0 Å². The van der Waals surface area contributed by atoms with Crippen LogP contribution in [0.3, 0.4) is 0 Å². The number of rotatable bonds is 4. The average molecular weight is 277 g/mol. The van der Waals surface area contributed by atoms with Gasteiger partial charge in [0.15, 0.2) is 0 Å². The molecule has 0 N–H and O–H groups in total. The fourth-order valence-electron chi connectivity index (χ4n) is 1.41. The van der Waals surface area contributed by atoms with Crippen LogP contribution in [-0.4, -0.2) is 21.0 Å². The molecule has 1 rings (SSSR count). The number of benzene rings is 1. The minimum absolute atomic E-state index is 0.0978. The van der Waals surface area contributed by atoms with Gasteiger partial charge in [-0.3, -0.25) is 0 Å². The molecule has 17 heavy (non-hydrogen) atoms. The Morgan fingerprint density at radius 3 is 2.47 bits per heavy atom. The van der Waals surface area contributed by atoms with Crippen LogP contribution in [0.1, 0.15) is 29.8 Å². The highest BCUT2D eigenvalue weighted by Crippen LogP contribution is 2.20. The Kier molecular flexibility index (Phi) is 4.54. The molecular weight excluding hydrogens is 264 g/mol. The van der Waals surface area contributed by atoms with Gasteiger partial charge in [-0.25, -0.2) is 13.2 Å². The number of esters is 1. The smallest absolute Gasteiger partial charge is 0.338 e. The minimum atomic E-state index is -3.83. The summed E-state index contributed by atoms with van der Waals surface area (Å²) < 4.78 is 27.2. The summed E-state index contributed by atoms with van der Waals surface area (Å²) in [7, 11) is 1.39. The van der Waals surface area contributed by atoms with E-state index in [1.54, 1.807) is 13.0 Å². The third-order valence-electron chi connectivity index (χ3n) is 2.24. The molecule has 0 fully saturated rings. The van der Waals surface area contributed by atoms with Crippen molar-refractivity contribution >= 4 is 25.7 Å². The molecule has 0 atom stereocenters. The van der Waals surface area contributed by atoms with Gasteiger partial charge in [0, 0.05) is 10.7 Å². The Labute approximate surface area is 105 Å². The molecule has 0 bridgehead atoms. The predicted octanol–water partition coefficient (Wildman–Crippen LogP) is 2.35. The van der Waals surface area contributed by atoms with Crippen molar-refractivity contribution in [2.45, 2.75) is 25.2 Å². The summed E-state index contributed by atoms with van der Waals surface area (Å²) in [4.78, 5) is 11.5. The molecule has 4 nitrogen and oxygen atoms in total. The molecule has 1 aromatic rings. The highest BCUT2D eigenvalue weighted by molar-refractivity contribution is 8.13. The van der Waals surface area contributed by atoms with Crippen LogP contribution >= 0.6 is 10.7 Å². The van der Waals surface area contributed by atoms with Crippen molar-refractivity contribution in [1.82, 2.24) is 0 Å². The van der Waals surface area contributed by atoms with E-state index in [2.05, 4.69) is 0 Å². The van der Waals surface area contributed by atoms with Crippen LogP contribution in [0, 0.1) is 0 Å². The van der Waals surface area contributed by atoms with E-state index in [-0.39, 0.29) is 17.1 Å². The van der Waals surface area contributed by atoms with E-state index < -0.39 is 15.0 Å². The van der Waals surface area contributed by atoms with E-state index in [0.717, 1.165) is 5.56 Å². The summed E-state index contributed by atoms with van der Waals surface area (Å²) in [6.45, 7) is 3.79. The highest BCUT2D eigenvalue weighted by atomic mass is 35.7. The summed E-state index contributed by atoms with van der Waals surface area (Å²) >= 11 is 0. The third kappa shape index (κ3) is 3.44. The van der Waals surface area contributed by atoms with E-state index in [0.29, 0.717) is 6.42 Å². The lowest BCUT2D eigenvalue weighted by atomic mass is 10.1. The van der Waals surface area contributed by atoms with Crippen LogP contribution in [0.2, 0.25) is 0 Å². The molecule has 0 aliphatic heterocycles. The molecule has 6 heteroatoms. The van der Waals surface area contributed by atoms with Crippen molar-refractivity contribution in [3.05, 3.63) is 29.3 Å². The van der Waals surface area contributed by atoms with Gasteiger partial charge in [0.1, 0.15) is 0 Å². The van der Waals surface area contributed by atoms with Gasteiger partial charge in [0.25, 0.3) is 9.05 Å². The van der Waals surface area contributed by atoms with Crippen LogP contribution in [0.15, 0.2) is 23.1 Å². The molecule has 0 heterocycles. The van der Waals surface area contributed by atoms with Gasteiger partial charge >= 0.3 is 5.97 Å². The van der Waals surface area contributed by atoms with E-state index in [9.17, 15) is 13.2 Å². The fourth-order valence-corrected chi connectivity index (χ4v) is 2.19. The molecule has 94 valence electrons. The predicted molar refractivity (Wildman–Crippen MR) is 64.8 cm³/mol. The second-order valence-corrected chi connectivity index (χ2v) is 5.90. The number of halogens is 1. The molecule has 0 radical (unpaired) electrons. The number of ether oxygens (including phenoxy) is 1. The van der Waals surface area contributed by atoms with E-state index in [1.807, 2.05) is 6.92 Å². The first-order valence-corrected chi connectivity index (χ1v) is 7.45. The normalized spacial score (nSPS) is 11.2. The summed E-state index contributed by atoms with van der Waals surface area (Å²) in [6.07, 6.45) is 0.608. The highest BCUT2D eigenvalue weighted by Gasteiger charge is 2.17. The summed E-state index contributed by atoms with van der Waals surface area (Å²) in [5.41, 5.74) is 0.976. The van der Waals surface area contributed by atoms with Crippen LogP contribution < -0.4 is 0 Å². The van der Waals surface area contributed by atoms with Gasteiger partial charge < -0.3 is 4.74 Å². The molecule has 0 aliphatic carbocycles. The molecular formula is C11H13ClO4S. The number of hydrogen-bond donors (Lipinski definition) is 0. The monoisotopic (exact) mass is 276 g/mol. The van der Waals surface area contributed by atoms with E-state index in [1.165, 1.54) is 12.1 Å². The molecule has 1 aromatic carbocycles. The lowest BCUT2D eigenvalue weighted by Gasteiger charge is -2.08. The summed E-state index contributed by atoms with van der Waals surface area (Å²) in [5.74, 6) is -0.536. The van der Waals surface area contributed by atoms with Crippen LogP contribution in [0.5, 0.6) is 0 Å². The number of aryl methyl sites for hydroxylation is 1. The Hall–Kier alpha value is -1.07. The Morgan fingerprint density at radius 1 is 1.35 bits per heavy atom. The quantitative estimate of drug-likeness (QED) is 0.626. The maximum Gasteiger partial charge on any atom is 0.338 e. The van der Waals surface area contributed by atoms with Crippen LogP contribution in [-0.2, 0) is 20.2 Å². The lowest BCUT2D eigenvalue weighted by molar-refractivity contribution is 0.0525. The zero-order chi connectivity index (χ0) is 13.1. The van der Waals surface area contributed by atoms with Crippen LogP contribution in [0.4, 0.5) is 0 Å². The second kappa shape index (κ2) is 5.51. The number of hydrogen-bond acceptors (Lipinski definition) is 4. The van der Waals surface area contributed by atoms with E-state index >= 15 is 0 Å². The SMILES string of the molecule is CCOC(=O)c1cc(S(=O)(=O)Cl)ccc1CC. The van der Waals surface area contributed by atoms with Gasteiger partial charge in [0.2, 0.25) is 0 Å². The first-order chi connectivity index (χ1) is 7.90. The zero-order valence-corrected chi connectivity index (χ0v) is 11.1. The maximum absolute atomic E-state index is 11.6. The topological polar surface area (TPSA) is 60.4 Å². The Bertz CT molecular complexity index is 522. The first-order valence-electron chi connectivity index (χ1n) is 5.14. The molecule has 0 saturated carbocycles. The van der Waals surface area contributed by atoms with E-state index in [4.69, 9.17) is 15.4 Å². The first kappa shape index (κ1) is 14.0. The zero-order valence-electron chi connectivity index (χ0n) is 9.57. The number of carbonyl (C=O) groups is 1. The van der Waals surface area contributed by atoms with Gasteiger partial charge in [-0.1, -0.05) is 13.0 Å². The molecule has 0 amide bonds. The summed E-state index contributed by atoms with van der Waals surface area (Å²) in [6, 6.07) is 4.20. The fraction of sp³-hybridized carbons (Fsp3) is 0.364. The van der Waals surface area contributed by atoms with Gasteiger partial charge in [0.05, 0.1) is 17.1 Å². The molecule has 0 unspecified atom stereocenters. The van der Waals surface area contributed by atoms with Crippen molar-refractivity contribution < 1.29 is 17.9 Å². The minimum Gasteiger partial charge on any atom is -0.462 e. The second-order valence-electron chi connectivity index (χ2n) is 3.33. The summed E-state index contributed by atoms with van der Waals surface area (Å²) in [5, 5.41) is 0.